The van der Waals surface area contributed by atoms with E-state index in [1.54, 1.807) is 12.1 Å². The third-order valence-electron chi connectivity index (χ3n) is 1.80. The maximum atomic E-state index is 10.8. The molecule has 0 aliphatic heterocycles. The summed E-state index contributed by atoms with van der Waals surface area (Å²) >= 11 is 1.35. The van der Waals surface area contributed by atoms with E-state index in [4.69, 9.17) is 10.8 Å². The Hall–Kier alpha value is -1.16. The van der Waals surface area contributed by atoms with Gasteiger partial charge < -0.3 is 10.8 Å². The summed E-state index contributed by atoms with van der Waals surface area (Å²) in [5, 5.41) is 8.47. The van der Waals surface area contributed by atoms with Gasteiger partial charge in [0.05, 0.1) is 0 Å². The van der Waals surface area contributed by atoms with E-state index < -0.39 is 5.97 Å². The summed E-state index contributed by atoms with van der Waals surface area (Å²) in [5.74, 6) is -0.769. The highest BCUT2D eigenvalue weighted by Crippen LogP contribution is 2.26. The fourth-order valence-corrected chi connectivity index (χ4v) is 1.91. The Balaban J connectivity index is 2.67. The second-order valence-corrected chi connectivity index (χ2v) is 4.20. The molecule has 3 N–H and O–H groups in total. The van der Waals surface area contributed by atoms with Crippen molar-refractivity contribution in [2.45, 2.75) is 23.5 Å². The van der Waals surface area contributed by atoms with Gasteiger partial charge >= 0.3 is 5.97 Å². The number of hydrogen-bond acceptors (Lipinski definition) is 3. The van der Waals surface area contributed by atoms with Crippen LogP contribution in [0.3, 0.4) is 0 Å². The van der Waals surface area contributed by atoms with Crippen LogP contribution in [0.4, 0.5) is 5.69 Å². The maximum absolute atomic E-state index is 10.8. The first-order valence-corrected chi connectivity index (χ1v) is 5.26. The van der Waals surface area contributed by atoms with E-state index in [-0.39, 0.29) is 5.25 Å². The number of anilines is 1. The van der Waals surface area contributed by atoms with E-state index in [0.717, 1.165) is 4.90 Å². The average Bonchev–Trinajstić information content (AvgIpc) is 2.16. The van der Waals surface area contributed by atoms with Crippen LogP contribution in [0.2, 0.25) is 0 Å². The zero-order valence-corrected chi connectivity index (χ0v) is 8.75. The number of thioether (sulfide) groups is 1. The van der Waals surface area contributed by atoms with Crippen molar-refractivity contribution in [3.8, 4) is 0 Å². The molecule has 0 bridgehead atoms. The molecule has 0 aromatic heterocycles. The maximum Gasteiger partial charge on any atom is 0.316 e. The Labute approximate surface area is 87.3 Å². The predicted octanol–water partition coefficient (Wildman–Crippen LogP) is 2.22. The number of carboxylic acid groups (broad SMARTS) is 1. The summed E-state index contributed by atoms with van der Waals surface area (Å²) in [6.07, 6.45) is 0.615. The number of hydrogen-bond donors (Lipinski definition) is 2. The lowest BCUT2D eigenvalue weighted by molar-refractivity contribution is -0.136. The summed E-state index contributed by atoms with van der Waals surface area (Å²) in [7, 11) is 0. The molecule has 0 heterocycles. The van der Waals surface area contributed by atoms with Gasteiger partial charge in [0.1, 0.15) is 5.25 Å². The highest BCUT2D eigenvalue weighted by Gasteiger charge is 2.15. The van der Waals surface area contributed by atoms with Crippen LogP contribution in [-0.2, 0) is 4.79 Å². The van der Waals surface area contributed by atoms with Crippen molar-refractivity contribution in [3.63, 3.8) is 0 Å². The average molecular weight is 211 g/mol. The van der Waals surface area contributed by atoms with E-state index in [9.17, 15) is 4.79 Å². The molecule has 76 valence electrons. The molecule has 1 atom stereocenters. The van der Waals surface area contributed by atoms with Crippen LogP contribution in [0.5, 0.6) is 0 Å². The molecule has 0 spiro atoms. The molecular weight excluding hydrogens is 198 g/mol. The minimum absolute atomic E-state index is 0.376. The number of carboxylic acids is 1. The smallest absolute Gasteiger partial charge is 0.316 e. The number of rotatable bonds is 4. The van der Waals surface area contributed by atoms with Crippen molar-refractivity contribution in [1.29, 1.82) is 0 Å². The van der Waals surface area contributed by atoms with Gasteiger partial charge in [-0.15, -0.1) is 11.8 Å². The van der Waals surface area contributed by atoms with Crippen molar-refractivity contribution in [2.75, 3.05) is 5.73 Å². The number of nitrogens with two attached hydrogens (primary N) is 1. The van der Waals surface area contributed by atoms with E-state index in [2.05, 4.69) is 0 Å². The molecule has 1 aromatic carbocycles. The molecule has 0 saturated carbocycles. The van der Waals surface area contributed by atoms with Crippen molar-refractivity contribution >= 4 is 23.4 Å². The number of nitrogen functional groups attached to an aromatic ring is 1. The lowest BCUT2D eigenvalue weighted by Crippen LogP contribution is -2.14. The van der Waals surface area contributed by atoms with Gasteiger partial charge in [-0.1, -0.05) is 6.92 Å². The van der Waals surface area contributed by atoms with Gasteiger partial charge in [0.15, 0.2) is 0 Å². The highest BCUT2D eigenvalue weighted by molar-refractivity contribution is 8.00. The van der Waals surface area contributed by atoms with Crippen LogP contribution in [0, 0.1) is 0 Å². The lowest BCUT2D eigenvalue weighted by atomic mass is 10.3. The molecule has 0 saturated heterocycles. The van der Waals surface area contributed by atoms with Crippen LogP contribution >= 0.6 is 11.8 Å². The molecule has 14 heavy (non-hydrogen) atoms. The van der Waals surface area contributed by atoms with E-state index in [1.807, 2.05) is 19.1 Å². The molecule has 0 unspecified atom stereocenters. The quantitative estimate of drug-likeness (QED) is 0.592. The number of carbonyl (C=O) groups is 1. The summed E-state index contributed by atoms with van der Waals surface area (Å²) in [5.41, 5.74) is 6.22. The normalized spacial score (nSPS) is 12.4. The van der Waals surface area contributed by atoms with Crippen molar-refractivity contribution in [3.05, 3.63) is 24.3 Å². The molecule has 0 aliphatic rings. The fourth-order valence-electron chi connectivity index (χ4n) is 1.02. The van der Waals surface area contributed by atoms with Gasteiger partial charge in [-0.05, 0) is 30.7 Å². The molecular formula is C10H13NO2S. The summed E-state index contributed by atoms with van der Waals surface area (Å²) < 4.78 is 0. The van der Waals surface area contributed by atoms with Crippen LogP contribution in [0.25, 0.3) is 0 Å². The molecule has 1 rings (SSSR count). The standard InChI is InChI=1S/C10H13NO2S/c1-2-9(10(12)13)14-8-5-3-7(11)4-6-8/h3-6,9H,2,11H2,1H3,(H,12,13)/t9-/m1/s1. The molecule has 3 nitrogen and oxygen atoms in total. The molecule has 1 aromatic rings. The van der Waals surface area contributed by atoms with E-state index in [1.165, 1.54) is 11.8 Å². The van der Waals surface area contributed by atoms with Crippen LogP contribution in [-0.4, -0.2) is 16.3 Å². The van der Waals surface area contributed by atoms with E-state index in [0.29, 0.717) is 12.1 Å². The van der Waals surface area contributed by atoms with Gasteiger partial charge in [0.25, 0.3) is 0 Å². The Morgan fingerprint density at radius 2 is 2.07 bits per heavy atom. The minimum Gasteiger partial charge on any atom is -0.480 e. The first-order chi connectivity index (χ1) is 6.63. The van der Waals surface area contributed by atoms with Gasteiger partial charge in [0.2, 0.25) is 0 Å². The Bertz CT molecular complexity index is 310. The fraction of sp³-hybridized carbons (Fsp3) is 0.300. The first kappa shape index (κ1) is 10.9. The van der Waals surface area contributed by atoms with Crippen molar-refractivity contribution in [1.82, 2.24) is 0 Å². The van der Waals surface area contributed by atoms with Gasteiger partial charge in [0, 0.05) is 10.6 Å². The second-order valence-electron chi connectivity index (χ2n) is 2.92. The molecule has 4 heteroatoms. The lowest BCUT2D eigenvalue weighted by Gasteiger charge is -2.08. The second kappa shape index (κ2) is 4.91. The third kappa shape index (κ3) is 2.96. The van der Waals surface area contributed by atoms with Gasteiger partial charge in [-0.25, -0.2) is 0 Å². The molecule has 0 fully saturated rings. The molecule has 0 amide bonds. The highest BCUT2D eigenvalue weighted by atomic mass is 32.2. The zero-order chi connectivity index (χ0) is 10.6. The Morgan fingerprint density at radius 3 is 2.50 bits per heavy atom. The topological polar surface area (TPSA) is 63.3 Å². The Morgan fingerprint density at radius 1 is 1.50 bits per heavy atom. The Kier molecular flexibility index (Phi) is 3.83. The monoisotopic (exact) mass is 211 g/mol. The van der Waals surface area contributed by atoms with Crippen LogP contribution < -0.4 is 5.73 Å². The minimum atomic E-state index is -0.769. The number of benzene rings is 1. The van der Waals surface area contributed by atoms with Crippen molar-refractivity contribution < 1.29 is 9.90 Å². The zero-order valence-electron chi connectivity index (χ0n) is 7.93. The number of aliphatic carboxylic acids is 1. The van der Waals surface area contributed by atoms with E-state index >= 15 is 0 Å². The summed E-state index contributed by atoms with van der Waals surface area (Å²) in [4.78, 5) is 11.7. The molecule has 0 radical (unpaired) electrons. The largest absolute Gasteiger partial charge is 0.480 e. The predicted molar refractivity (Wildman–Crippen MR) is 58.4 cm³/mol. The SMILES string of the molecule is CC[C@@H](Sc1ccc(N)cc1)C(=O)O. The van der Waals surface area contributed by atoms with Crippen LogP contribution in [0.1, 0.15) is 13.3 Å². The molecule has 0 aliphatic carbocycles. The van der Waals surface area contributed by atoms with Crippen LogP contribution in [0.15, 0.2) is 29.2 Å². The van der Waals surface area contributed by atoms with Gasteiger partial charge in [-0.3, -0.25) is 4.79 Å². The summed E-state index contributed by atoms with van der Waals surface area (Å²) in [6, 6.07) is 7.23. The van der Waals surface area contributed by atoms with Gasteiger partial charge in [-0.2, -0.15) is 0 Å². The van der Waals surface area contributed by atoms with Crippen molar-refractivity contribution in [2.24, 2.45) is 0 Å². The summed E-state index contributed by atoms with van der Waals surface area (Å²) in [6.45, 7) is 1.86. The first-order valence-electron chi connectivity index (χ1n) is 4.38. The third-order valence-corrected chi connectivity index (χ3v) is 3.17.